The summed E-state index contributed by atoms with van der Waals surface area (Å²) in [6.07, 6.45) is -4.29. The summed E-state index contributed by atoms with van der Waals surface area (Å²) in [4.78, 5) is 5.39. The highest BCUT2D eigenvalue weighted by Crippen LogP contribution is 2.24. The zero-order chi connectivity index (χ0) is 14.0. The Kier molecular flexibility index (Phi) is 3.89. The predicted octanol–water partition coefficient (Wildman–Crippen LogP) is 3.18. The van der Waals surface area contributed by atoms with Crippen LogP contribution >= 0.6 is 11.6 Å². The van der Waals surface area contributed by atoms with E-state index in [0.29, 0.717) is 5.52 Å². The molecule has 1 aromatic carbocycles. The number of para-hydroxylation sites is 2. The molecule has 19 heavy (non-hydrogen) atoms. The van der Waals surface area contributed by atoms with Crippen molar-refractivity contribution < 1.29 is 13.2 Å². The number of halogens is 4. The van der Waals surface area contributed by atoms with Gasteiger partial charge in [-0.3, -0.25) is 0 Å². The number of alkyl halides is 4. The molecular weight excluding hydrogens is 279 g/mol. The first-order chi connectivity index (χ1) is 8.92. The van der Waals surface area contributed by atoms with Crippen molar-refractivity contribution in [2.75, 3.05) is 23.9 Å². The Bertz CT molecular complexity index is 565. The normalized spacial score (nSPS) is 12.1. The van der Waals surface area contributed by atoms with Crippen molar-refractivity contribution >= 4 is 28.6 Å². The summed E-state index contributed by atoms with van der Waals surface area (Å²) >= 11 is 5.58. The summed E-state index contributed by atoms with van der Waals surface area (Å²) in [6, 6.07) is 7.21. The third-order valence-corrected chi connectivity index (χ3v) is 2.94. The second kappa shape index (κ2) is 5.28. The van der Waals surface area contributed by atoms with Crippen molar-refractivity contribution in [3.8, 4) is 0 Å². The lowest BCUT2D eigenvalue weighted by atomic mass is 10.3. The number of nitrogens with zero attached hydrogens (tertiary/aromatic N) is 3. The highest BCUT2D eigenvalue weighted by atomic mass is 35.5. The Balaban J connectivity index is 2.41. The number of aromatic nitrogens is 2. The summed E-state index contributed by atoms with van der Waals surface area (Å²) in [5.74, 6) is 0.387. The van der Waals surface area contributed by atoms with Crippen molar-refractivity contribution in [3.05, 3.63) is 24.3 Å². The molecule has 3 nitrogen and oxygen atoms in total. The average Bonchev–Trinajstić information content (AvgIpc) is 2.65. The number of benzene rings is 1. The Labute approximate surface area is 113 Å². The first-order valence-electron chi connectivity index (χ1n) is 5.71. The number of aryl methyl sites for hydroxylation is 1. The molecule has 0 aliphatic carbocycles. The van der Waals surface area contributed by atoms with Crippen LogP contribution in [-0.2, 0) is 7.05 Å². The molecular formula is C12H13ClF3N3. The maximum atomic E-state index is 12.6. The minimum atomic E-state index is -4.29. The molecule has 0 spiro atoms. The Morgan fingerprint density at radius 1 is 1.32 bits per heavy atom. The lowest BCUT2D eigenvalue weighted by Crippen LogP contribution is -2.37. The van der Waals surface area contributed by atoms with E-state index < -0.39 is 12.7 Å². The maximum Gasteiger partial charge on any atom is 0.406 e. The summed E-state index contributed by atoms with van der Waals surface area (Å²) in [6.45, 7) is -0.963. The molecule has 0 aliphatic heterocycles. The summed E-state index contributed by atoms with van der Waals surface area (Å²) in [5.41, 5.74) is 1.46. The molecule has 7 heteroatoms. The van der Waals surface area contributed by atoms with Crippen LogP contribution in [0.2, 0.25) is 0 Å². The molecule has 0 N–H and O–H groups in total. The molecule has 0 atom stereocenters. The topological polar surface area (TPSA) is 21.1 Å². The van der Waals surface area contributed by atoms with E-state index >= 15 is 0 Å². The van der Waals surface area contributed by atoms with Gasteiger partial charge in [-0.25, -0.2) is 4.98 Å². The van der Waals surface area contributed by atoms with Crippen LogP contribution < -0.4 is 4.90 Å². The van der Waals surface area contributed by atoms with Crippen LogP contribution in [0.1, 0.15) is 0 Å². The van der Waals surface area contributed by atoms with E-state index in [1.165, 1.54) is 0 Å². The molecule has 2 aromatic rings. The highest BCUT2D eigenvalue weighted by molar-refractivity contribution is 6.18. The van der Waals surface area contributed by atoms with Crippen molar-refractivity contribution in [2.45, 2.75) is 6.18 Å². The molecule has 0 unspecified atom stereocenters. The fraction of sp³-hybridized carbons (Fsp3) is 0.417. The van der Waals surface area contributed by atoms with E-state index in [4.69, 9.17) is 11.6 Å². The third kappa shape index (κ3) is 3.12. The second-order valence-corrected chi connectivity index (χ2v) is 4.56. The average molecular weight is 292 g/mol. The molecule has 0 amide bonds. The number of anilines is 1. The van der Waals surface area contributed by atoms with E-state index in [2.05, 4.69) is 4.98 Å². The van der Waals surface area contributed by atoms with Crippen LogP contribution in [-0.4, -0.2) is 34.7 Å². The van der Waals surface area contributed by atoms with Crippen molar-refractivity contribution in [2.24, 2.45) is 7.05 Å². The van der Waals surface area contributed by atoms with Crippen LogP contribution in [0.4, 0.5) is 19.1 Å². The zero-order valence-corrected chi connectivity index (χ0v) is 11.0. The largest absolute Gasteiger partial charge is 0.406 e. The lowest BCUT2D eigenvalue weighted by Gasteiger charge is -2.23. The van der Waals surface area contributed by atoms with Gasteiger partial charge in [0.2, 0.25) is 5.95 Å². The molecule has 2 rings (SSSR count). The van der Waals surface area contributed by atoms with Gasteiger partial charge in [-0.1, -0.05) is 12.1 Å². The van der Waals surface area contributed by atoms with Gasteiger partial charge in [0.15, 0.2) is 0 Å². The van der Waals surface area contributed by atoms with Gasteiger partial charge >= 0.3 is 6.18 Å². The number of fused-ring (bicyclic) bond motifs is 1. The first kappa shape index (κ1) is 14.0. The van der Waals surface area contributed by atoms with Gasteiger partial charge in [0.05, 0.1) is 11.0 Å². The smallest absolute Gasteiger partial charge is 0.332 e. The first-order valence-corrected chi connectivity index (χ1v) is 6.25. The molecule has 0 saturated carbocycles. The van der Waals surface area contributed by atoms with E-state index in [0.717, 1.165) is 10.4 Å². The molecule has 0 radical (unpaired) electrons. The maximum absolute atomic E-state index is 12.6. The summed E-state index contributed by atoms with van der Waals surface area (Å²) < 4.78 is 39.4. The van der Waals surface area contributed by atoms with Gasteiger partial charge in [-0.05, 0) is 12.1 Å². The molecule has 104 valence electrons. The van der Waals surface area contributed by atoms with Crippen LogP contribution in [0.3, 0.4) is 0 Å². The van der Waals surface area contributed by atoms with E-state index in [1.54, 1.807) is 23.7 Å². The Hall–Kier alpha value is -1.43. The predicted molar refractivity (Wildman–Crippen MR) is 69.7 cm³/mol. The van der Waals surface area contributed by atoms with E-state index in [1.807, 2.05) is 12.1 Å². The molecule has 1 heterocycles. The van der Waals surface area contributed by atoms with E-state index in [9.17, 15) is 13.2 Å². The summed E-state index contributed by atoms with van der Waals surface area (Å²) in [5, 5.41) is 0. The molecule has 0 aliphatic rings. The van der Waals surface area contributed by atoms with Crippen LogP contribution in [0.25, 0.3) is 11.0 Å². The third-order valence-electron chi connectivity index (χ3n) is 2.77. The minimum Gasteiger partial charge on any atom is -0.332 e. The highest BCUT2D eigenvalue weighted by Gasteiger charge is 2.32. The van der Waals surface area contributed by atoms with Gasteiger partial charge in [-0.2, -0.15) is 13.2 Å². The standard InChI is InChI=1S/C12H13ClF3N3/c1-18-10-5-3-2-4-9(10)17-11(18)19(7-6-13)8-12(14,15)16/h2-5H,6-8H2,1H3. The Morgan fingerprint density at radius 2 is 2.00 bits per heavy atom. The van der Waals surface area contributed by atoms with Gasteiger partial charge in [0, 0.05) is 19.5 Å². The van der Waals surface area contributed by atoms with Gasteiger partial charge in [-0.15, -0.1) is 11.6 Å². The fourth-order valence-electron chi connectivity index (χ4n) is 1.98. The molecule has 0 fully saturated rings. The SMILES string of the molecule is Cn1c(N(CCCl)CC(F)(F)F)nc2ccccc21. The van der Waals surface area contributed by atoms with Crippen LogP contribution in [0.15, 0.2) is 24.3 Å². The number of rotatable bonds is 4. The number of hydrogen-bond acceptors (Lipinski definition) is 2. The Morgan fingerprint density at radius 3 is 2.58 bits per heavy atom. The number of imidazole rings is 1. The fourth-order valence-corrected chi connectivity index (χ4v) is 2.19. The van der Waals surface area contributed by atoms with Crippen molar-refractivity contribution in [3.63, 3.8) is 0 Å². The van der Waals surface area contributed by atoms with Gasteiger partial charge in [0.1, 0.15) is 6.54 Å². The zero-order valence-electron chi connectivity index (χ0n) is 10.3. The van der Waals surface area contributed by atoms with Crippen molar-refractivity contribution in [1.82, 2.24) is 9.55 Å². The van der Waals surface area contributed by atoms with E-state index in [-0.39, 0.29) is 18.4 Å². The number of hydrogen-bond donors (Lipinski definition) is 0. The monoisotopic (exact) mass is 291 g/mol. The molecule has 1 aromatic heterocycles. The van der Waals surface area contributed by atoms with Crippen LogP contribution in [0, 0.1) is 0 Å². The van der Waals surface area contributed by atoms with Crippen LogP contribution in [0.5, 0.6) is 0 Å². The van der Waals surface area contributed by atoms with Crippen molar-refractivity contribution in [1.29, 1.82) is 0 Å². The quantitative estimate of drug-likeness (QED) is 0.807. The van der Waals surface area contributed by atoms with Gasteiger partial charge < -0.3 is 9.47 Å². The molecule has 0 bridgehead atoms. The molecule has 0 saturated heterocycles. The lowest BCUT2D eigenvalue weighted by molar-refractivity contribution is -0.119. The second-order valence-electron chi connectivity index (χ2n) is 4.19. The summed E-state index contributed by atoms with van der Waals surface area (Å²) in [7, 11) is 1.70. The minimum absolute atomic E-state index is 0.0955. The van der Waals surface area contributed by atoms with Gasteiger partial charge in [0.25, 0.3) is 0 Å².